The van der Waals surface area contributed by atoms with Crippen molar-refractivity contribution < 1.29 is 4.84 Å². The maximum Gasteiger partial charge on any atom is 0.157 e. The predicted molar refractivity (Wildman–Crippen MR) is 85.4 cm³/mol. The highest BCUT2D eigenvalue weighted by Crippen LogP contribution is 2.38. The van der Waals surface area contributed by atoms with Crippen LogP contribution in [0.1, 0.15) is 13.8 Å². The number of anilines is 1. The van der Waals surface area contributed by atoms with E-state index in [-0.39, 0.29) is 0 Å². The number of hydrogen-bond acceptors (Lipinski definition) is 5. The summed E-state index contributed by atoms with van der Waals surface area (Å²) in [6.45, 7) is 8.56. The molecule has 2 aliphatic rings. The van der Waals surface area contributed by atoms with Crippen molar-refractivity contribution in [2.24, 2.45) is 11.3 Å². The smallest absolute Gasteiger partial charge is 0.157 e. The fraction of sp³-hybridized carbons (Fsp3) is 0.438. The van der Waals surface area contributed by atoms with Crippen molar-refractivity contribution >= 4 is 16.6 Å². The second-order valence-corrected chi connectivity index (χ2v) is 5.59. The van der Waals surface area contributed by atoms with Crippen LogP contribution in [0, 0.1) is 5.41 Å². The molecule has 112 valence electrons. The van der Waals surface area contributed by atoms with E-state index in [2.05, 4.69) is 27.3 Å². The molecule has 1 spiro atoms. The Labute approximate surface area is 125 Å². The number of benzene rings is 1. The highest BCUT2D eigenvalue weighted by molar-refractivity contribution is 5.88. The molecule has 5 nitrogen and oxygen atoms in total. The first kappa shape index (κ1) is 14.1. The van der Waals surface area contributed by atoms with E-state index in [4.69, 9.17) is 10.7 Å². The molecule has 0 aliphatic carbocycles. The summed E-state index contributed by atoms with van der Waals surface area (Å²) in [5, 5.41) is 4.32. The Morgan fingerprint density at radius 1 is 1.24 bits per heavy atom. The zero-order valence-electron chi connectivity index (χ0n) is 12.6. The van der Waals surface area contributed by atoms with Gasteiger partial charge in [0.05, 0.1) is 5.52 Å². The van der Waals surface area contributed by atoms with Gasteiger partial charge in [-0.25, -0.2) is 0 Å². The summed E-state index contributed by atoms with van der Waals surface area (Å²) in [7, 11) is 0. The number of nitrogens with one attached hydrogen (secondary N) is 1. The monoisotopic (exact) mass is 286 g/mol. The van der Waals surface area contributed by atoms with Gasteiger partial charge < -0.3 is 15.1 Å². The summed E-state index contributed by atoms with van der Waals surface area (Å²) in [5.41, 5.74) is 2.65. The molecule has 2 aliphatic heterocycles. The Bertz CT molecular complexity index is 631. The summed E-state index contributed by atoms with van der Waals surface area (Å²) in [6, 6.07) is 8.05. The second kappa shape index (κ2) is 5.50. The lowest BCUT2D eigenvalue weighted by Crippen LogP contribution is -2.71. The molecule has 1 aromatic carbocycles. The molecule has 4 rings (SSSR count). The molecule has 5 heteroatoms. The lowest BCUT2D eigenvalue weighted by Gasteiger charge is -2.57. The average Bonchev–Trinajstić information content (AvgIpc) is 2.46. The summed E-state index contributed by atoms with van der Waals surface area (Å²) >= 11 is 0. The number of fused-ring (bicyclic) bond motifs is 1. The average molecular weight is 286 g/mol. The van der Waals surface area contributed by atoms with Crippen LogP contribution in [-0.2, 0) is 0 Å². The summed E-state index contributed by atoms with van der Waals surface area (Å²) in [4.78, 5) is 11.6. The third-order valence-electron chi connectivity index (χ3n) is 4.23. The van der Waals surface area contributed by atoms with Gasteiger partial charge >= 0.3 is 0 Å². The molecule has 0 bridgehead atoms. The van der Waals surface area contributed by atoms with Gasteiger partial charge in [0.1, 0.15) is 0 Å². The van der Waals surface area contributed by atoms with Gasteiger partial charge in [0.2, 0.25) is 0 Å². The molecule has 0 saturated carbocycles. The van der Waals surface area contributed by atoms with Gasteiger partial charge in [-0.3, -0.25) is 4.98 Å². The Hall–Kier alpha value is -1.85. The zero-order valence-corrected chi connectivity index (χ0v) is 12.6. The van der Waals surface area contributed by atoms with Crippen LogP contribution in [0.4, 0.5) is 5.69 Å². The first-order valence-electron chi connectivity index (χ1n) is 7.51. The summed E-state index contributed by atoms with van der Waals surface area (Å²) < 4.78 is 0. The van der Waals surface area contributed by atoms with Gasteiger partial charge in [0.15, 0.2) is 5.75 Å². The van der Waals surface area contributed by atoms with E-state index < -0.39 is 0 Å². The third-order valence-corrected chi connectivity index (χ3v) is 4.23. The molecule has 0 unspecified atom stereocenters. The van der Waals surface area contributed by atoms with Crippen molar-refractivity contribution in [3.63, 3.8) is 0 Å². The van der Waals surface area contributed by atoms with Crippen LogP contribution >= 0.6 is 0 Å². The molecule has 1 aromatic heterocycles. The first-order chi connectivity index (χ1) is 10.3. The van der Waals surface area contributed by atoms with E-state index in [1.807, 2.05) is 19.9 Å². The van der Waals surface area contributed by atoms with Gasteiger partial charge in [-0.1, -0.05) is 13.8 Å². The van der Waals surface area contributed by atoms with Gasteiger partial charge in [0, 0.05) is 54.9 Å². The Kier molecular flexibility index (Phi) is 3.69. The maximum absolute atomic E-state index is 5.31. The van der Waals surface area contributed by atoms with Crippen LogP contribution in [0.5, 0.6) is 5.75 Å². The Balaban J connectivity index is 0.000000636. The van der Waals surface area contributed by atoms with Crippen molar-refractivity contribution in [3.05, 3.63) is 30.5 Å². The molecule has 2 aromatic rings. The van der Waals surface area contributed by atoms with E-state index in [0.29, 0.717) is 11.2 Å². The molecule has 0 radical (unpaired) electrons. The molecule has 2 fully saturated rings. The molecule has 0 amide bonds. The number of aromatic nitrogens is 1. The van der Waals surface area contributed by atoms with Crippen LogP contribution in [0.15, 0.2) is 30.5 Å². The minimum atomic E-state index is 0.525. The van der Waals surface area contributed by atoms with Crippen molar-refractivity contribution in [1.82, 2.24) is 10.3 Å². The van der Waals surface area contributed by atoms with Crippen molar-refractivity contribution in [2.75, 3.05) is 31.1 Å². The van der Waals surface area contributed by atoms with Crippen LogP contribution in [-0.4, -0.2) is 31.2 Å². The van der Waals surface area contributed by atoms with Crippen LogP contribution in [0.25, 0.3) is 10.9 Å². The van der Waals surface area contributed by atoms with Gasteiger partial charge in [-0.15, -0.1) is 0 Å². The van der Waals surface area contributed by atoms with E-state index in [9.17, 15) is 0 Å². The number of pyridine rings is 1. The second-order valence-electron chi connectivity index (χ2n) is 5.59. The van der Waals surface area contributed by atoms with Crippen molar-refractivity contribution in [2.45, 2.75) is 13.8 Å². The van der Waals surface area contributed by atoms with Gasteiger partial charge in [-0.05, 0) is 18.2 Å². The highest BCUT2D eigenvalue weighted by atomic mass is 16.6. The third kappa shape index (κ3) is 2.32. The number of nitrogens with zero attached hydrogens (tertiary/aromatic N) is 2. The minimum Gasteiger partial charge on any atom is -0.411 e. The standard InChI is InChI=1S/C14H16N4O.C2H6/c15-19-13-3-4-17-12-2-1-10(5-11(12)13)18-8-14(9-18)6-16-7-14;1-2/h1-5,16H,6-9,15H2;1-2H3. The fourth-order valence-corrected chi connectivity index (χ4v) is 3.06. The van der Waals surface area contributed by atoms with Crippen LogP contribution in [0.3, 0.4) is 0 Å². The lowest BCUT2D eigenvalue weighted by molar-refractivity contribution is 0.121. The molecule has 2 saturated heterocycles. The number of rotatable bonds is 2. The van der Waals surface area contributed by atoms with E-state index in [1.54, 1.807) is 12.3 Å². The lowest BCUT2D eigenvalue weighted by atomic mass is 9.74. The largest absolute Gasteiger partial charge is 0.411 e. The maximum atomic E-state index is 5.31. The predicted octanol–water partition coefficient (Wildman–Crippen LogP) is 1.92. The van der Waals surface area contributed by atoms with Crippen LogP contribution < -0.4 is 21.0 Å². The van der Waals surface area contributed by atoms with Crippen molar-refractivity contribution in [3.8, 4) is 5.75 Å². The summed E-state index contributed by atoms with van der Waals surface area (Å²) in [5.74, 6) is 5.99. The topological polar surface area (TPSA) is 63.4 Å². The molecule has 3 N–H and O–H groups in total. The zero-order chi connectivity index (χ0) is 14.9. The first-order valence-corrected chi connectivity index (χ1v) is 7.51. The van der Waals surface area contributed by atoms with Gasteiger partial charge in [-0.2, -0.15) is 5.90 Å². The highest BCUT2D eigenvalue weighted by Gasteiger charge is 2.47. The van der Waals surface area contributed by atoms with Gasteiger partial charge in [0.25, 0.3) is 0 Å². The SMILES string of the molecule is CC.NOc1ccnc2ccc(N3CC4(CNC4)C3)cc12. The molecular formula is C16H22N4O. The molecule has 3 heterocycles. The Morgan fingerprint density at radius 2 is 2.00 bits per heavy atom. The van der Waals surface area contributed by atoms with E-state index in [0.717, 1.165) is 37.1 Å². The molecule has 0 atom stereocenters. The normalized spacial score (nSPS) is 18.5. The fourth-order valence-electron chi connectivity index (χ4n) is 3.06. The number of nitrogens with two attached hydrogens (primary N) is 1. The summed E-state index contributed by atoms with van der Waals surface area (Å²) in [6.07, 6.45) is 1.71. The molecule has 21 heavy (non-hydrogen) atoms. The Morgan fingerprint density at radius 3 is 2.62 bits per heavy atom. The van der Waals surface area contributed by atoms with E-state index in [1.165, 1.54) is 5.69 Å². The van der Waals surface area contributed by atoms with Crippen molar-refractivity contribution in [1.29, 1.82) is 0 Å². The van der Waals surface area contributed by atoms with E-state index >= 15 is 0 Å². The number of hydrogen-bond donors (Lipinski definition) is 2. The van der Waals surface area contributed by atoms with Crippen LogP contribution in [0.2, 0.25) is 0 Å². The minimum absolute atomic E-state index is 0.525. The molecular weight excluding hydrogens is 264 g/mol. The quantitative estimate of drug-likeness (QED) is 0.826.